The van der Waals surface area contributed by atoms with Gasteiger partial charge in [0.05, 0.1) is 30.9 Å². The summed E-state index contributed by atoms with van der Waals surface area (Å²) in [5, 5.41) is 14.8. The van der Waals surface area contributed by atoms with Crippen LogP contribution in [0.2, 0.25) is 0 Å². The number of anilines is 1. The summed E-state index contributed by atoms with van der Waals surface area (Å²) in [5.74, 6) is -2.40. The number of phenols is 1. The zero-order valence-corrected chi connectivity index (χ0v) is 27.8. The van der Waals surface area contributed by atoms with Crippen molar-refractivity contribution in [2.24, 2.45) is 0 Å². The van der Waals surface area contributed by atoms with Gasteiger partial charge in [-0.3, -0.25) is 15.0 Å². The topological polar surface area (TPSA) is 109 Å². The fourth-order valence-corrected chi connectivity index (χ4v) is 7.88. The molecule has 2 N–H and O–H groups in total. The van der Waals surface area contributed by atoms with Crippen LogP contribution < -0.4 is 15.0 Å². The summed E-state index contributed by atoms with van der Waals surface area (Å²) in [6, 6.07) is 6.49. The lowest BCUT2D eigenvalue weighted by molar-refractivity contribution is -0.145. The van der Waals surface area contributed by atoms with E-state index in [1.807, 2.05) is 18.7 Å². The van der Waals surface area contributed by atoms with Gasteiger partial charge in [0.2, 0.25) is 0 Å². The molecular formula is C36H40F3N5O5. The van der Waals surface area contributed by atoms with Crippen molar-refractivity contribution in [3.8, 4) is 22.9 Å². The van der Waals surface area contributed by atoms with Crippen molar-refractivity contribution in [2.45, 2.75) is 70.4 Å². The van der Waals surface area contributed by atoms with E-state index >= 15 is 13.2 Å². The molecule has 0 saturated carbocycles. The van der Waals surface area contributed by atoms with Crippen molar-refractivity contribution in [2.75, 3.05) is 44.2 Å². The molecular weight excluding hydrogens is 639 g/mol. The highest BCUT2D eigenvalue weighted by Gasteiger charge is 2.47. The van der Waals surface area contributed by atoms with E-state index in [9.17, 15) is 9.90 Å². The van der Waals surface area contributed by atoms with Gasteiger partial charge in [0.25, 0.3) is 6.47 Å². The number of rotatable bonds is 10. The molecule has 3 fully saturated rings. The minimum Gasteiger partial charge on any atom is -0.508 e. The van der Waals surface area contributed by atoms with Crippen LogP contribution in [0, 0.1) is 17.5 Å². The number of benzene rings is 3. The Labute approximate surface area is 282 Å². The Morgan fingerprint density at radius 3 is 2.65 bits per heavy atom. The second-order valence-electron chi connectivity index (χ2n) is 13.4. The number of nitrogens with zero attached hydrogens (tertiary/aromatic N) is 4. The molecule has 2 bridgehead atoms. The van der Waals surface area contributed by atoms with E-state index < -0.39 is 28.7 Å². The molecule has 7 rings (SSSR count). The molecule has 3 aliphatic rings. The first-order valence-corrected chi connectivity index (χ1v) is 16.9. The molecule has 3 aromatic carbocycles. The molecule has 4 atom stereocenters. The molecule has 1 aromatic heterocycles. The fraction of sp³-hybridized carbons (Fsp3) is 0.472. The summed E-state index contributed by atoms with van der Waals surface area (Å²) < 4.78 is 65.6. The molecule has 0 amide bonds. The third kappa shape index (κ3) is 6.35. The number of piperazine rings is 1. The Morgan fingerprint density at radius 2 is 1.90 bits per heavy atom. The van der Waals surface area contributed by atoms with Gasteiger partial charge in [-0.15, -0.1) is 0 Å². The van der Waals surface area contributed by atoms with Crippen molar-refractivity contribution in [3.63, 3.8) is 0 Å². The van der Waals surface area contributed by atoms with Crippen LogP contribution in [0.3, 0.4) is 0 Å². The van der Waals surface area contributed by atoms with Crippen LogP contribution in [-0.4, -0.2) is 89.8 Å². The lowest BCUT2D eigenvalue weighted by Crippen LogP contribution is -2.61. The van der Waals surface area contributed by atoms with Crippen molar-refractivity contribution >= 4 is 34.0 Å². The van der Waals surface area contributed by atoms with Crippen LogP contribution in [-0.2, 0) is 20.7 Å². The van der Waals surface area contributed by atoms with Crippen molar-refractivity contribution < 1.29 is 37.3 Å². The van der Waals surface area contributed by atoms with Crippen LogP contribution in [0.25, 0.3) is 32.8 Å². The second-order valence-corrected chi connectivity index (χ2v) is 13.4. The van der Waals surface area contributed by atoms with E-state index in [4.69, 9.17) is 14.2 Å². The van der Waals surface area contributed by atoms with E-state index in [0.717, 1.165) is 26.1 Å². The number of aromatic hydroxyl groups is 1. The zero-order chi connectivity index (χ0) is 34.4. The van der Waals surface area contributed by atoms with Gasteiger partial charge >= 0.3 is 6.01 Å². The maximum Gasteiger partial charge on any atom is 0.319 e. The summed E-state index contributed by atoms with van der Waals surface area (Å²) in [6.07, 6.45) is 2.49. The van der Waals surface area contributed by atoms with Gasteiger partial charge in [-0.2, -0.15) is 9.97 Å². The smallest absolute Gasteiger partial charge is 0.319 e. The standard InChI is InChI=1S/C36H40F3N5O5/c1-4-25-28(37)7-6-22-12-24(46)13-26(30(22)25)31-29(38)14-27-33(32(31)39)40-35(47-11-5-10-43-15-20(2)49-21(3)16-43)41-34(27)44-17-23-8-9-36(18-44,42-23)48-19-45/h6-7,12-14,19-21,23,42,46H,4-5,8-11,15-18H2,1-3H3/t20-,21+,23?,36?. The van der Waals surface area contributed by atoms with Crippen LogP contribution >= 0.6 is 0 Å². The van der Waals surface area contributed by atoms with E-state index in [-0.39, 0.29) is 77.4 Å². The van der Waals surface area contributed by atoms with Gasteiger partial charge in [0.1, 0.15) is 28.7 Å². The van der Waals surface area contributed by atoms with Crippen LogP contribution in [0.5, 0.6) is 11.8 Å². The number of morpholine rings is 1. The quantitative estimate of drug-likeness (QED) is 0.166. The summed E-state index contributed by atoms with van der Waals surface area (Å²) in [4.78, 5) is 24.7. The summed E-state index contributed by atoms with van der Waals surface area (Å²) in [6.45, 7) is 9.51. The van der Waals surface area contributed by atoms with E-state index in [1.54, 1.807) is 6.92 Å². The molecule has 0 aliphatic carbocycles. The lowest BCUT2D eigenvalue weighted by Gasteiger charge is -2.40. The van der Waals surface area contributed by atoms with Crippen molar-refractivity contribution in [1.82, 2.24) is 20.2 Å². The van der Waals surface area contributed by atoms with Crippen molar-refractivity contribution in [1.29, 1.82) is 0 Å². The molecule has 4 heterocycles. The molecule has 2 unspecified atom stereocenters. The predicted molar refractivity (Wildman–Crippen MR) is 178 cm³/mol. The first-order chi connectivity index (χ1) is 23.6. The third-order valence-corrected chi connectivity index (χ3v) is 9.79. The number of hydrogen-bond donors (Lipinski definition) is 2. The maximum absolute atomic E-state index is 16.9. The zero-order valence-electron chi connectivity index (χ0n) is 27.8. The number of fused-ring (bicyclic) bond motifs is 4. The number of carbonyl (C=O) groups excluding carboxylic acids is 1. The highest BCUT2D eigenvalue weighted by atomic mass is 19.1. The highest BCUT2D eigenvalue weighted by Crippen LogP contribution is 2.42. The minimum atomic E-state index is -0.991. The SMILES string of the molecule is CCc1c(F)ccc2cc(O)cc(-c3c(F)cc4c(N5CC6CCC(OC=O)(C5)N6)nc(OCCCN5C[C@@H](C)O[C@@H](C)C5)nc4c3F)c12. The molecule has 3 aliphatic heterocycles. The first kappa shape index (κ1) is 33.3. The number of ether oxygens (including phenoxy) is 3. The third-order valence-electron chi connectivity index (χ3n) is 9.79. The molecule has 0 spiro atoms. The average molecular weight is 680 g/mol. The Kier molecular flexibility index (Phi) is 9.01. The number of phenolic OH excluding ortho intramolecular Hbond substituents is 1. The Bertz CT molecular complexity index is 1900. The Morgan fingerprint density at radius 1 is 1.10 bits per heavy atom. The number of nitrogens with one attached hydrogen (secondary N) is 1. The van der Waals surface area contributed by atoms with E-state index in [0.29, 0.717) is 36.6 Å². The summed E-state index contributed by atoms with van der Waals surface area (Å²) >= 11 is 0. The summed E-state index contributed by atoms with van der Waals surface area (Å²) in [7, 11) is 0. The number of hydrogen-bond acceptors (Lipinski definition) is 10. The molecule has 10 nitrogen and oxygen atoms in total. The molecule has 260 valence electrons. The lowest BCUT2D eigenvalue weighted by atomic mass is 9.91. The van der Waals surface area contributed by atoms with Gasteiger partial charge in [0, 0.05) is 44.0 Å². The predicted octanol–water partition coefficient (Wildman–Crippen LogP) is 5.45. The molecule has 49 heavy (non-hydrogen) atoms. The Balaban J connectivity index is 1.31. The van der Waals surface area contributed by atoms with Gasteiger partial charge in [-0.1, -0.05) is 13.0 Å². The van der Waals surface area contributed by atoms with Gasteiger partial charge in [-0.25, -0.2) is 13.2 Å². The maximum atomic E-state index is 16.9. The highest BCUT2D eigenvalue weighted by molar-refractivity contribution is 6.03. The number of carbonyl (C=O) groups is 1. The fourth-order valence-electron chi connectivity index (χ4n) is 7.88. The van der Waals surface area contributed by atoms with Gasteiger partial charge in [-0.05, 0) is 79.3 Å². The normalized spacial score (nSPS) is 24.1. The minimum absolute atomic E-state index is 0.0124. The van der Waals surface area contributed by atoms with E-state index in [2.05, 4.69) is 20.2 Å². The monoisotopic (exact) mass is 679 g/mol. The molecule has 3 saturated heterocycles. The molecule has 13 heteroatoms. The second kappa shape index (κ2) is 13.3. The van der Waals surface area contributed by atoms with Crippen LogP contribution in [0.1, 0.15) is 45.6 Å². The largest absolute Gasteiger partial charge is 0.508 e. The van der Waals surface area contributed by atoms with Gasteiger partial charge < -0.3 is 24.2 Å². The van der Waals surface area contributed by atoms with Crippen molar-refractivity contribution in [3.05, 3.63) is 53.3 Å². The molecule has 4 aromatic rings. The average Bonchev–Trinajstić information content (AvgIpc) is 3.35. The molecule has 0 radical (unpaired) electrons. The number of aryl methyl sites for hydroxylation is 1. The summed E-state index contributed by atoms with van der Waals surface area (Å²) in [5.41, 5.74) is -1.30. The Hall–Kier alpha value is -4.20. The van der Waals surface area contributed by atoms with Gasteiger partial charge in [0.15, 0.2) is 11.5 Å². The van der Waals surface area contributed by atoms with E-state index in [1.165, 1.54) is 30.3 Å². The first-order valence-electron chi connectivity index (χ1n) is 16.9. The van der Waals surface area contributed by atoms with Crippen LogP contribution in [0.15, 0.2) is 30.3 Å². The van der Waals surface area contributed by atoms with Crippen LogP contribution in [0.4, 0.5) is 19.0 Å². The number of aromatic nitrogens is 2. The number of halogens is 3.